The first kappa shape index (κ1) is 12.0. The summed E-state index contributed by atoms with van der Waals surface area (Å²) in [5.74, 6) is 1.33. The second-order valence-corrected chi connectivity index (χ2v) is 6.11. The Labute approximate surface area is 103 Å². The third-order valence-electron chi connectivity index (χ3n) is 3.37. The van der Waals surface area contributed by atoms with Crippen LogP contribution in [0.15, 0.2) is 30.3 Å². The molecule has 1 fully saturated rings. The topological polar surface area (TPSA) is 12.0 Å². The summed E-state index contributed by atoms with van der Waals surface area (Å²) in [6.45, 7) is 4.61. The fourth-order valence-electron chi connectivity index (χ4n) is 2.30. The van der Waals surface area contributed by atoms with Gasteiger partial charge in [-0.1, -0.05) is 37.3 Å². The van der Waals surface area contributed by atoms with Crippen LogP contribution < -0.4 is 5.32 Å². The van der Waals surface area contributed by atoms with Crippen molar-refractivity contribution < 1.29 is 0 Å². The van der Waals surface area contributed by atoms with E-state index in [-0.39, 0.29) is 0 Å². The maximum atomic E-state index is 3.76. The normalized spacial score (nSPS) is 27.6. The third kappa shape index (κ3) is 3.02. The van der Waals surface area contributed by atoms with Crippen LogP contribution in [0.2, 0.25) is 0 Å². The number of benzene rings is 1. The van der Waals surface area contributed by atoms with Crippen molar-refractivity contribution in [2.45, 2.75) is 44.0 Å². The Morgan fingerprint density at radius 3 is 2.75 bits per heavy atom. The van der Waals surface area contributed by atoms with Gasteiger partial charge in [-0.3, -0.25) is 0 Å². The van der Waals surface area contributed by atoms with Crippen molar-refractivity contribution in [2.75, 3.05) is 5.75 Å². The Balaban J connectivity index is 1.94. The lowest BCUT2D eigenvalue weighted by Gasteiger charge is -2.32. The molecule has 0 aromatic heterocycles. The fraction of sp³-hybridized carbons (Fsp3) is 0.571. The van der Waals surface area contributed by atoms with Gasteiger partial charge in [0.1, 0.15) is 0 Å². The van der Waals surface area contributed by atoms with Gasteiger partial charge in [-0.15, -0.1) is 0 Å². The van der Waals surface area contributed by atoms with E-state index in [4.69, 9.17) is 0 Å². The fourth-order valence-corrected chi connectivity index (χ4v) is 3.45. The van der Waals surface area contributed by atoms with Gasteiger partial charge in [-0.05, 0) is 31.1 Å². The van der Waals surface area contributed by atoms with Gasteiger partial charge in [0.15, 0.2) is 0 Å². The van der Waals surface area contributed by atoms with Gasteiger partial charge in [0.2, 0.25) is 0 Å². The molecule has 1 heterocycles. The number of rotatable bonds is 3. The van der Waals surface area contributed by atoms with Crippen LogP contribution in [0.3, 0.4) is 0 Å². The summed E-state index contributed by atoms with van der Waals surface area (Å²) in [7, 11) is 0. The molecule has 0 radical (unpaired) electrons. The summed E-state index contributed by atoms with van der Waals surface area (Å²) in [6.07, 6.45) is 2.68. The molecule has 1 aliphatic heterocycles. The standard InChI is InChI=1S/C14H21NS/c1-11(13-7-4-3-5-8-13)15-14-9-6-10-16-12(14)2/h3-5,7-8,11-12,14-15H,6,9-10H2,1-2H3/t11-,12?,14?/m0/s1. The number of hydrogen-bond acceptors (Lipinski definition) is 2. The molecule has 0 saturated carbocycles. The molecule has 16 heavy (non-hydrogen) atoms. The SMILES string of the molecule is CC1SCCCC1N[C@@H](C)c1ccccc1. The van der Waals surface area contributed by atoms with Gasteiger partial charge in [0, 0.05) is 17.3 Å². The maximum absolute atomic E-state index is 3.76. The van der Waals surface area contributed by atoms with Gasteiger partial charge >= 0.3 is 0 Å². The first-order valence-corrected chi connectivity index (χ1v) is 7.25. The Kier molecular flexibility index (Phi) is 4.30. The highest BCUT2D eigenvalue weighted by molar-refractivity contribution is 7.99. The number of nitrogens with one attached hydrogen (secondary N) is 1. The Hall–Kier alpha value is -0.470. The molecular weight excluding hydrogens is 214 g/mol. The highest BCUT2D eigenvalue weighted by Crippen LogP contribution is 2.27. The summed E-state index contributed by atoms with van der Waals surface area (Å²) >= 11 is 2.10. The summed E-state index contributed by atoms with van der Waals surface area (Å²) in [4.78, 5) is 0. The molecule has 2 rings (SSSR count). The summed E-state index contributed by atoms with van der Waals surface area (Å²) < 4.78 is 0. The average Bonchev–Trinajstić information content (AvgIpc) is 2.33. The van der Waals surface area contributed by atoms with Crippen LogP contribution in [-0.2, 0) is 0 Å². The van der Waals surface area contributed by atoms with E-state index in [0.29, 0.717) is 12.1 Å². The molecule has 2 heteroatoms. The van der Waals surface area contributed by atoms with Crippen LogP contribution in [0, 0.1) is 0 Å². The molecule has 1 N–H and O–H groups in total. The van der Waals surface area contributed by atoms with Crippen LogP contribution in [0.25, 0.3) is 0 Å². The third-order valence-corrected chi connectivity index (χ3v) is 4.75. The van der Waals surface area contributed by atoms with E-state index in [1.54, 1.807) is 0 Å². The molecule has 2 unspecified atom stereocenters. The van der Waals surface area contributed by atoms with E-state index in [9.17, 15) is 0 Å². The molecule has 1 saturated heterocycles. The zero-order valence-electron chi connectivity index (χ0n) is 10.1. The van der Waals surface area contributed by atoms with E-state index in [2.05, 4.69) is 61.3 Å². The smallest absolute Gasteiger partial charge is 0.0294 e. The zero-order valence-corrected chi connectivity index (χ0v) is 11.0. The molecule has 88 valence electrons. The van der Waals surface area contributed by atoms with E-state index in [1.807, 2.05) is 0 Å². The predicted molar refractivity (Wildman–Crippen MR) is 72.9 cm³/mol. The first-order chi connectivity index (χ1) is 7.77. The molecule has 1 aliphatic rings. The molecule has 0 spiro atoms. The van der Waals surface area contributed by atoms with Crippen molar-refractivity contribution in [3.63, 3.8) is 0 Å². The van der Waals surface area contributed by atoms with Crippen molar-refractivity contribution in [3.05, 3.63) is 35.9 Å². The largest absolute Gasteiger partial charge is 0.306 e. The van der Waals surface area contributed by atoms with Gasteiger partial charge in [-0.25, -0.2) is 0 Å². The van der Waals surface area contributed by atoms with E-state index >= 15 is 0 Å². The summed E-state index contributed by atoms with van der Waals surface area (Å²) in [5.41, 5.74) is 1.39. The van der Waals surface area contributed by atoms with E-state index < -0.39 is 0 Å². The average molecular weight is 235 g/mol. The van der Waals surface area contributed by atoms with Crippen molar-refractivity contribution in [3.8, 4) is 0 Å². The quantitative estimate of drug-likeness (QED) is 0.858. The van der Waals surface area contributed by atoms with Crippen LogP contribution in [0.5, 0.6) is 0 Å². The molecule has 0 amide bonds. The molecule has 1 aromatic rings. The van der Waals surface area contributed by atoms with Crippen LogP contribution >= 0.6 is 11.8 Å². The van der Waals surface area contributed by atoms with Gasteiger partial charge in [-0.2, -0.15) is 11.8 Å². The minimum atomic E-state index is 0.465. The lowest BCUT2D eigenvalue weighted by atomic mass is 10.0. The summed E-state index contributed by atoms with van der Waals surface area (Å²) in [6, 6.07) is 11.9. The lowest BCUT2D eigenvalue weighted by Crippen LogP contribution is -2.40. The van der Waals surface area contributed by atoms with Crippen molar-refractivity contribution in [1.82, 2.24) is 5.32 Å². The molecule has 0 bridgehead atoms. The molecule has 1 aromatic carbocycles. The summed E-state index contributed by atoms with van der Waals surface area (Å²) in [5, 5.41) is 4.51. The monoisotopic (exact) mass is 235 g/mol. The van der Waals surface area contributed by atoms with E-state index in [0.717, 1.165) is 5.25 Å². The number of thioether (sulfide) groups is 1. The second-order valence-electron chi connectivity index (χ2n) is 4.62. The Morgan fingerprint density at radius 2 is 2.06 bits per heavy atom. The predicted octanol–water partition coefficient (Wildman–Crippen LogP) is 3.62. The van der Waals surface area contributed by atoms with Gasteiger partial charge < -0.3 is 5.32 Å². The minimum absolute atomic E-state index is 0.465. The zero-order chi connectivity index (χ0) is 11.4. The Bertz CT molecular complexity index is 312. The van der Waals surface area contributed by atoms with Crippen LogP contribution in [0.4, 0.5) is 0 Å². The lowest BCUT2D eigenvalue weighted by molar-refractivity contribution is 0.417. The van der Waals surface area contributed by atoms with Gasteiger partial charge in [0.05, 0.1) is 0 Å². The van der Waals surface area contributed by atoms with Crippen LogP contribution in [0.1, 0.15) is 38.3 Å². The molecule has 1 nitrogen and oxygen atoms in total. The number of hydrogen-bond donors (Lipinski definition) is 1. The minimum Gasteiger partial charge on any atom is -0.306 e. The second kappa shape index (κ2) is 5.74. The molecular formula is C14H21NS. The maximum Gasteiger partial charge on any atom is 0.0294 e. The molecule has 3 atom stereocenters. The van der Waals surface area contributed by atoms with Crippen molar-refractivity contribution in [1.29, 1.82) is 0 Å². The van der Waals surface area contributed by atoms with Gasteiger partial charge in [0.25, 0.3) is 0 Å². The van der Waals surface area contributed by atoms with Crippen LogP contribution in [-0.4, -0.2) is 17.0 Å². The highest BCUT2D eigenvalue weighted by Gasteiger charge is 2.23. The molecule has 0 aliphatic carbocycles. The highest BCUT2D eigenvalue weighted by atomic mass is 32.2. The Morgan fingerprint density at radius 1 is 1.31 bits per heavy atom. The first-order valence-electron chi connectivity index (χ1n) is 6.20. The van der Waals surface area contributed by atoms with Crippen molar-refractivity contribution in [2.24, 2.45) is 0 Å². The van der Waals surface area contributed by atoms with E-state index in [1.165, 1.54) is 24.2 Å². The van der Waals surface area contributed by atoms with Crippen molar-refractivity contribution >= 4 is 11.8 Å².